The van der Waals surface area contributed by atoms with E-state index in [4.69, 9.17) is 21.1 Å². The number of aliphatic hydroxyl groups is 1. The zero-order valence-electron chi connectivity index (χ0n) is 88.0. The quantitative estimate of drug-likeness (QED) is 0.106. The highest BCUT2D eigenvalue weighted by molar-refractivity contribution is 7.86. The molecule has 11 saturated heterocycles. The summed E-state index contributed by atoms with van der Waals surface area (Å²) in [6, 6.07) is 6.71. The molecule has 6 amide bonds. The fourth-order valence-corrected chi connectivity index (χ4v) is 17.4. The lowest BCUT2D eigenvalue weighted by Crippen LogP contribution is -2.56. The number of amides is 6. The molecule has 0 aromatic rings. The Balaban J connectivity index is 0.000000722. The molecule has 11 fully saturated rings. The second-order valence-corrected chi connectivity index (χ2v) is 41.9. The number of carbonyl (C=O) groups excluding carboxylic acids is 5. The average molecular weight is 1900 g/mol. The zero-order chi connectivity index (χ0) is 99.9. The molecule has 7 N–H and O–H groups in total. The van der Waals surface area contributed by atoms with Crippen LogP contribution in [-0.2, 0) is 34.2 Å². The molecule has 0 aromatic carbocycles. The van der Waals surface area contributed by atoms with Crippen LogP contribution < -0.4 is 16.2 Å². The van der Waals surface area contributed by atoms with Crippen LogP contribution in [0.1, 0.15) is 192 Å². The molecule has 2 unspecified atom stereocenters. The molecule has 33 nitrogen and oxygen atoms in total. The number of urea groups is 1. The third-order valence-corrected chi connectivity index (χ3v) is 28.2. The van der Waals surface area contributed by atoms with E-state index in [9.17, 15) is 50.4 Å². The lowest BCUT2D eigenvalue weighted by Gasteiger charge is -2.44. The number of nitrogens with zero attached hydrogens (tertiary/aromatic N) is 20. The van der Waals surface area contributed by atoms with Crippen molar-refractivity contribution in [1.29, 1.82) is 0 Å². The van der Waals surface area contributed by atoms with Gasteiger partial charge in [0.25, 0.3) is 10.2 Å². The van der Waals surface area contributed by atoms with Gasteiger partial charge in [-0.1, -0.05) is 13.8 Å². The number of carboxylic acids is 1. The fraction of sp³-hybridized carbons (Fsp3) is 0.936. The van der Waals surface area contributed by atoms with Crippen molar-refractivity contribution in [3.8, 4) is 0 Å². The minimum atomic E-state index is -4.06. The Morgan fingerprint density at radius 1 is 0.427 bits per heavy atom. The maximum atomic E-state index is 12.0. The highest BCUT2D eigenvalue weighted by Crippen LogP contribution is 2.25. The SMILES string of the molecule is CC(=O)N1CCN(C(C)C)CC1.CC(C)C1CCN(C(N)=O)CC1.CC(C)N1CC(C)N(C)C(C)C1.CC(C)N1CCN(C)C(=O)C1.CC(C)N1CCN(C)C(=O)C1=O.CC(C)N1CCN(C)CC1.CC(C)N1CCN(CC(F)(F)F)CC1.CC(C)N1CCN(CCC(=O)O)CC1.CC(C)N1CCN(CCO)CC1.CC(C)N1CCN(S(N)(=O)=O)CC1.CC(C)N1CCNCC1. The maximum absolute atomic E-state index is 12.0. The number of rotatable bonds is 18. The standard InChI is InChI=1S/C10H20N2O2.C10H22N2.C9H17F3N2.C9H18N2O.C9H20N2O.C9H18N2O.C8H14N2O2.C8H16N2O.C8H18N2.C7H17N3O2S.C7H16N2/c1-9(2)12-7-5-11(6-8-12)4-3-10(13)14;1-8(2)12-6-9(3)11(5)10(4)7-12;1-8(2)14-5-3-13(4-6-14)7-9(10,11)12;1-8(2)10-4-6-11(7-5-10)9(3)12;1-9(2)11-5-3-10(4-6-11)7-8-12;1-7(2)8-3-5-11(6-4-8)9(10)12;1-6(2)10-5-4-9(3)7(11)8(10)12;1-7(2)10-5-4-9(3)8(11)6-10;1-8(2)10-6-4-9(3)5-7-10;1-7(2)9-3-5-10(6-4-9)13(8,11)12;1-7(2)9-5-3-8-4-6-9/h9H,3-8H2,1-2H3,(H,13,14);8-10H,6-7H2,1-5H3;8H,3-7H2,1-2H3;8H,4-7H2,1-3H3;9,12H,3-8H2,1-2H3;7-8H,3-6H2,1-2H3,(H2,10,12);6H,4-5H2,1-3H3;7H,4-6H2,1-3H3;8H,4-7H2,1-3H3;7H,3-6H2,1-2H3,(H2,8,11,12);7-8H,3-6H2,1-2H3. The number of likely N-dealkylation sites (N-methyl/N-ethyl adjacent to an activating group) is 4. The van der Waals surface area contributed by atoms with Crippen LogP contribution >= 0.6 is 0 Å². The van der Waals surface area contributed by atoms with Gasteiger partial charge in [0.05, 0.1) is 26.1 Å². The Labute approximate surface area is 795 Å². The first-order chi connectivity index (χ1) is 61.0. The van der Waals surface area contributed by atoms with Crippen molar-refractivity contribution >= 4 is 45.8 Å². The first-order valence-electron chi connectivity index (χ1n) is 49.7. The van der Waals surface area contributed by atoms with Gasteiger partial charge in [0.1, 0.15) is 0 Å². The highest BCUT2D eigenvalue weighted by atomic mass is 32.2. The second kappa shape index (κ2) is 65.5. The molecule has 131 heavy (non-hydrogen) atoms. The number of likely N-dealkylation sites (tertiary alicyclic amines) is 1. The van der Waals surface area contributed by atoms with Crippen molar-refractivity contribution in [3.63, 3.8) is 0 Å². The first-order valence-corrected chi connectivity index (χ1v) is 51.2. The molecule has 11 rings (SSSR count). The van der Waals surface area contributed by atoms with E-state index in [-0.39, 0.29) is 36.2 Å². The summed E-state index contributed by atoms with van der Waals surface area (Å²) in [4.78, 5) is 107. The Hall–Kier alpha value is -4.36. The van der Waals surface area contributed by atoms with E-state index in [0.717, 1.165) is 187 Å². The predicted octanol–water partition coefficient (Wildman–Crippen LogP) is 5.50. The van der Waals surface area contributed by atoms with Crippen molar-refractivity contribution in [2.24, 2.45) is 22.7 Å². The van der Waals surface area contributed by atoms with Crippen molar-refractivity contribution in [2.75, 3.05) is 297 Å². The number of piperidine rings is 1. The number of carbonyl (C=O) groups is 6. The van der Waals surface area contributed by atoms with Gasteiger partial charge in [-0.15, -0.1) is 0 Å². The number of nitrogens with one attached hydrogen (secondary N) is 1. The average Bonchev–Trinajstić information content (AvgIpc) is 0.846. The number of hydrogen-bond acceptors (Lipinski definition) is 24. The minimum absolute atomic E-state index is 0.121. The topological polar surface area (TPSA) is 306 Å². The third kappa shape index (κ3) is 52.8. The molecule has 0 aliphatic carbocycles. The van der Waals surface area contributed by atoms with Crippen LogP contribution in [0.15, 0.2) is 0 Å². The van der Waals surface area contributed by atoms with Gasteiger partial charge in [0, 0.05) is 342 Å². The number of nitrogens with two attached hydrogens (primary N) is 2. The van der Waals surface area contributed by atoms with Crippen LogP contribution in [0.2, 0.25) is 0 Å². The number of aliphatic carboxylic acids is 1. The summed E-state index contributed by atoms with van der Waals surface area (Å²) < 4.78 is 59.3. The number of hydrogen-bond donors (Lipinski definition) is 5. The van der Waals surface area contributed by atoms with Crippen LogP contribution in [0.3, 0.4) is 0 Å². The van der Waals surface area contributed by atoms with Crippen LogP contribution in [-0.4, -0.2) is 527 Å². The summed E-state index contributed by atoms with van der Waals surface area (Å²) in [7, 11) is 4.46. The van der Waals surface area contributed by atoms with Gasteiger partial charge in [-0.2, -0.15) is 25.9 Å². The summed E-state index contributed by atoms with van der Waals surface area (Å²) in [6.07, 6.45) is -1.57. The number of alkyl halides is 3. The third-order valence-electron chi connectivity index (χ3n) is 27.1. The summed E-state index contributed by atoms with van der Waals surface area (Å²) >= 11 is 0. The smallest absolute Gasteiger partial charge is 0.401 e. The number of aliphatic hydroxyl groups excluding tert-OH is 1. The van der Waals surface area contributed by atoms with E-state index < -0.39 is 34.8 Å². The molecule has 0 saturated carbocycles. The molecule has 774 valence electrons. The van der Waals surface area contributed by atoms with E-state index in [1.807, 2.05) is 25.8 Å². The van der Waals surface area contributed by atoms with Gasteiger partial charge >= 0.3 is 30.0 Å². The minimum Gasteiger partial charge on any atom is -0.481 e. The summed E-state index contributed by atoms with van der Waals surface area (Å²) in [5.74, 6) is 0.494. The number of carboxylic acid groups (broad SMARTS) is 1. The maximum Gasteiger partial charge on any atom is 0.401 e. The van der Waals surface area contributed by atoms with Crippen LogP contribution in [0.4, 0.5) is 18.0 Å². The number of piperazine rings is 10. The molecule has 2 atom stereocenters. The van der Waals surface area contributed by atoms with Gasteiger partial charge < -0.3 is 55.6 Å². The van der Waals surface area contributed by atoms with Crippen LogP contribution in [0, 0.1) is 11.8 Å². The molecule has 0 bridgehead atoms. The Morgan fingerprint density at radius 2 is 0.771 bits per heavy atom. The molecule has 0 aromatic heterocycles. The van der Waals surface area contributed by atoms with Crippen molar-refractivity contribution in [1.82, 2.24) is 103 Å². The number of halogens is 3. The lowest BCUT2D eigenvalue weighted by molar-refractivity contribution is -0.156. The Morgan fingerprint density at radius 3 is 1.09 bits per heavy atom. The van der Waals surface area contributed by atoms with Crippen molar-refractivity contribution in [2.45, 2.75) is 271 Å². The number of primary amides is 1. The molecular weight excluding hydrogens is 1700 g/mol. The van der Waals surface area contributed by atoms with E-state index in [0.29, 0.717) is 113 Å². The summed E-state index contributed by atoms with van der Waals surface area (Å²) in [5, 5.41) is 25.6. The highest BCUT2D eigenvalue weighted by Gasteiger charge is 2.35. The lowest BCUT2D eigenvalue weighted by atomic mass is 9.87. The van der Waals surface area contributed by atoms with Gasteiger partial charge in [-0.05, 0) is 191 Å². The number of β-amino-alcohol motifs (C(OH)–C–C–N with tert-alkyl or cyclic N) is 1. The van der Waals surface area contributed by atoms with Gasteiger partial charge in [-0.3, -0.25) is 82.8 Å². The van der Waals surface area contributed by atoms with Gasteiger partial charge in [-0.25, -0.2) is 9.93 Å². The largest absolute Gasteiger partial charge is 0.481 e. The van der Waals surface area contributed by atoms with E-state index in [2.05, 4.69) is 235 Å². The van der Waals surface area contributed by atoms with Crippen LogP contribution in [0.25, 0.3) is 0 Å². The van der Waals surface area contributed by atoms with E-state index in [1.165, 1.54) is 66.5 Å². The molecular formula is C94H196F3N23O10S. The molecule has 0 radical (unpaired) electrons. The summed E-state index contributed by atoms with van der Waals surface area (Å²) in [5.41, 5.74) is 5.18. The normalized spacial score (nSPS) is 22.6. The molecule has 11 aliphatic rings. The Kier molecular flexibility index (Phi) is 62.3. The zero-order valence-corrected chi connectivity index (χ0v) is 88.8. The van der Waals surface area contributed by atoms with E-state index in [1.54, 1.807) is 28.7 Å². The van der Waals surface area contributed by atoms with Gasteiger partial charge in [0.15, 0.2) is 0 Å². The fourth-order valence-electron chi connectivity index (χ4n) is 16.8. The van der Waals surface area contributed by atoms with Gasteiger partial charge in [0.2, 0.25) is 11.8 Å². The Bertz CT molecular complexity index is 3100. The van der Waals surface area contributed by atoms with Crippen molar-refractivity contribution < 1.29 is 60.6 Å². The summed E-state index contributed by atoms with van der Waals surface area (Å²) in [6.45, 7) is 90.4. The monoisotopic (exact) mass is 1900 g/mol. The molecule has 11 aliphatic heterocycles. The van der Waals surface area contributed by atoms with E-state index >= 15 is 0 Å². The molecule has 37 heteroatoms. The molecule has 11 heterocycles. The molecule has 0 spiro atoms. The van der Waals surface area contributed by atoms with Crippen LogP contribution in [0.5, 0.6) is 0 Å². The van der Waals surface area contributed by atoms with Crippen molar-refractivity contribution in [3.05, 3.63) is 0 Å². The first kappa shape index (κ1) is 125. The predicted molar refractivity (Wildman–Crippen MR) is 530 cm³/mol. The second-order valence-electron chi connectivity index (χ2n) is 40.4.